The molecule has 1 atom stereocenters. The first kappa shape index (κ1) is 17.9. The summed E-state index contributed by atoms with van der Waals surface area (Å²) in [6.45, 7) is 0. The van der Waals surface area contributed by atoms with Crippen LogP contribution in [0.15, 0.2) is 91.0 Å². The summed E-state index contributed by atoms with van der Waals surface area (Å²) in [7, 11) is 3.11. The Balaban J connectivity index is 0.00000176. The van der Waals surface area contributed by atoms with E-state index in [9.17, 15) is 0 Å². The molecule has 3 aromatic carbocycles. The van der Waals surface area contributed by atoms with Gasteiger partial charge in [-0.3, -0.25) is 0 Å². The minimum atomic E-state index is -2.76. The Labute approximate surface area is 153 Å². The summed E-state index contributed by atoms with van der Waals surface area (Å²) < 4.78 is 0. The van der Waals surface area contributed by atoms with Gasteiger partial charge in [0.2, 0.25) is 0 Å². The largest absolute Gasteiger partial charge is 0 e. The van der Waals surface area contributed by atoms with Crippen molar-refractivity contribution in [3.63, 3.8) is 0 Å². The van der Waals surface area contributed by atoms with Crippen molar-refractivity contribution in [3.05, 3.63) is 91.0 Å². The summed E-state index contributed by atoms with van der Waals surface area (Å²) in [4.78, 5) is 0. The van der Waals surface area contributed by atoms with Crippen LogP contribution < -0.4 is 15.9 Å². The minimum Gasteiger partial charge on any atom is 0 e. The van der Waals surface area contributed by atoms with E-state index < -0.39 is 5.49 Å². The van der Waals surface area contributed by atoms with Gasteiger partial charge in [0.25, 0.3) is 0 Å². The first-order chi connectivity index (χ1) is 10.1. The minimum absolute atomic E-state index is 0. The Morgan fingerprint density at radius 3 is 1.00 bits per heavy atom. The predicted octanol–water partition coefficient (Wildman–Crippen LogP) is 4.15. The van der Waals surface area contributed by atoms with E-state index in [0.717, 1.165) is 0 Å². The maximum Gasteiger partial charge on any atom is 0 e. The summed E-state index contributed by atoms with van der Waals surface area (Å²) in [5, 5.41) is 3.78. The first-order valence-corrected chi connectivity index (χ1v) is 11.9. The molecule has 0 radical (unpaired) electrons. The number of rotatable bonds is 3. The van der Waals surface area contributed by atoms with Crippen LogP contribution in [0.4, 0.5) is 0 Å². The smallest absolute Gasteiger partial charge is 0 e. The zero-order chi connectivity index (χ0) is 14.8. The molecular weight excluding hydrogens is 417 g/mol. The molecule has 0 nitrogen and oxygen atoms in total. The van der Waals surface area contributed by atoms with Crippen molar-refractivity contribution < 1.29 is 20.4 Å². The van der Waals surface area contributed by atoms with Gasteiger partial charge in [0, 0.05) is 20.4 Å². The molecule has 0 aliphatic carbocycles. The molecule has 0 amide bonds. The molecule has 0 aliphatic heterocycles. The van der Waals surface area contributed by atoms with Crippen LogP contribution in [-0.2, 0) is 20.4 Å². The van der Waals surface area contributed by atoms with Crippen molar-refractivity contribution in [1.82, 2.24) is 0 Å². The van der Waals surface area contributed by atoms with Gasteiger partial charge >= 0.3 is 134 Å². The van der Waals surface area contributed by atoms with Crippen molar-refractivity contribution in [2.24, 2.45) is 0 Å². The van der Waals surface area contributed by atoms with Gasteiger partial charge < -0.3 is 0 Å². The van der Waals surface area contributed by atoms with Crippen LogP contribution in [0.1, 0.15) is 0 Å². The van der Waals surface area contributed by atoms with Crippen LogP contribution >= 0.6 is 26.7 Å². The Bertz CT molecular complexity index is 627. The molecule has 3 rings (SSSR count). The molecule has 0 aromatic heterocycles. The number of benzene rings is 3. The quantitative estimate of drug-likeness (QED) is 0.357. The SMILES string of the molecule is PP(S)(c1ccccc1)(c1ccccc1)c1ccccc1.[Pd]. The van der Waals surface area contributed by atoms with E-state index >= 15 is 0 Å². The maximum absolute atomic E-state index is 5.34. The standard InChI is InChI=1S/C18H18P2S.Pd/c19-20(21,16-10-4-1-5-11-16,17-12-6-2-7-13-17)18-14-8-3-9-15-18;/h1-15,21H,19H2;. The van der Waals surface area contributed by atoms with Crippen LogP contribution in [0.5, 0.6) is 0 Å². The summed E-state index contributed by atoms with van der Waals surface area (Å²) in [5.41, 5.74) is -2.76. The number of hydrogen-bond donors (Lipinski definition) is 1. The molecule has 0 fully saturated rings. The van der Waals surface area contributed by atoms with E-state index in [4.69, 9.17) is 12.2 Å². The first-order valence-electron chi connectivity index (χ1n) is 6.86. The van der Waals surface area contributed by atoms with Crippen molar-refractivity contribution in [3.8, 4) is 0 Å². The Morgan fingerprint density at radius 2 is 0.773 bits per heavy atom. The molecule has 0 saturated heterocycles. The Morgan fingerprint density at radius 1 is 0.545 bits per heavy atom. The second-order valence-electron chi connectivity index (χ2n) is 5.14. The molecule has 4 heteroatoms. The van der Waals surface area contributed by atoms with E-state index in [1.165, 1.54) is 15.9 Å². The Kier molecular flexibility index (Phi) is 5.66. The third kappa shape index (κ3) is 2.97. The molecule has 1 unspecified atom stereocenters. The fourth-order valence-electron chi connectivity index (χ4n) is 2.64. The molecule has 0 spiro atoms. The molecule has 3 aromatic rings. The van der Waals surface area contributed by atoms with Crippen LogP contribution in [0, 0.1) is 0 Å². The fraction of sp³-hybridized carbons (Fsp3) is 0. The van der Waals surface area contributed by atoms with Crippen LogP contribution in [0.3, 0.4) is 0 Å². The molecule has 116 valence electrons. The van der Waals surface area contributed by atoms with Gasteiger partial charge in [-0.2, -0.15) is 0 Å². The summed E-state index contributed by atoms with van der Waals surface area (Å²) in [6.07, 6.45) is 0. The predicted molar refractivity (Wildman–Crippen MR) is 104 cm³/mol. The third-order valence-corrected chi connectivity index (χ3v) is 12.6. The summed E-state index contributed by atoms with van der Waals surface area (Å²) in [6, 6.07) is 31.7. The second-order valence-corrected chi connectivity index (χ2v) is 15.9. The summed E-state index contributed by atoms with van der Waals surface area (Å²) >= 11 is 5.34. The molecule has 0 N–H and O–H groups in total. The van der Waals surface area contributed by atoms with Crippen LogP contribution in [0.25, 0.3) is 0 Å². The number of hydrogen-bond acceptors (Lipinski definition) is 1. The zero-order valence-electron chi connectivity index (χ0n) is 11.9. The normalized spacial score (nSPS) is 12.7. The van der Waals surface area contributed by atoms with E-state index in [-0.39, 0.29) is 20.4 Å². The molecule has 22 heavy (non-hydrogen) atoms. The molecule has 0 aliphatic rings. The molecule has 0 saturated carbocycles. The van der Waals surface area contributed by atoms with Gasteiger partial charge in [-0.1, -0.05) is 0 Å². The van der Waals surface area contributed by atoms with Crippen molar-refractivity contribution in [2.75, 3.05) is 0 Å². The Hall–Kier alpha value is -0.468. The van der Waals surface area contributed by atoms with Crippen LogP contribution in [0.2, 0.25) is 0 Å². The average molecular weight is 435 g/mol. The van der Waals surface area contributed by atoms with Gasteiger partial charge in [0.05, 0.1) is 0 Å². The molecular formula is C18H18P2PdS. The van der Waals surface area contributed by atoms with E-state index in [1.807, 2.05) is 0 Å². The van der Waals surface area contributed by atoms with Gasteiger partial charge in [0.1, 0.15) is 0 Å². The van der Waals surface area contributed by atoms with E-state index in [0.29, 0.717) is 0 Å². The van der Waals surface area contributed by atoms with Crippen molar-refractivity contribution in [2.45, 2.75) is 0 Å². The monoisotopic (exact) mass is 434 g/mol. The topological polar surface area (TPSA) is 0 Å². The number of thiol groups is 1. The van der Waals surface area contributed by atoms with Gasteiger partial charge in [-0.05, 0) is 0 Å². The van der Waals surface area contributed by atoms with Crippen molar-refractivity contribution in [1.29, 1.82) is 0 Å². The van der Waals surface area contributed by atoms with E-state index in [1.54, 1.807) is 0 Å². The van der Waals surface area contributed by atoms with Crippen LogP contribution in [-0.4, -0.2) is 0 Å². The molecule has 0 heterocycles. The molecule has 0 bridgehead atoms. The fourth-order valence-corrected chi connectivity index (χ4v) is 8.61. The van der Waals surface area contributed by atoms with Gasteiger partial charge in [0.15, 0.2) is 0 Å². The van der Waals surface area contributed by atoms with Gasteiger partial charge in [-0.25, -0.2) is 0 Å². The van der Waals surface area contributed by atoms with Gasteiger partial charge in [-0.15, -0.1) is 0 Å². The van der Waals surface area contributed by atoms with E-state index in [2.05, 4.69) is 99.9 Å². The van der Waals surface area contributed by atoms with Crippen molar-refractivity contribution >= 4 is 42.6 Å². The zero-order valence-corrected chi connectivity index (χ0v) is 16.4. The summed E-state index contributed by atoms with van der Waals surface area (Å²) in [5.74, 6) is 0. The second kappa shape index (κ2) is 6.97. The maximum atomic E-state index is 5.34. The average Bonchev–Trinajstić information content (AvgIpc) is 2.57. The third-order valence-electron chi connectivity index (χ3n) is 3.84.